The Labute approximate surface area is 136 Å². The highest BCUT2D eigenvalue weighted by molar-refractivity contribution is 5.92. The van der Waals surface area contributed by atoms with Crippen LogP contribution in [0.4, 0.5) is 5.82 Å². The van der Waals surface area contributed by atoms with E-state index in [-0.39, 0.29) is 5.91 Å². The molecule has 2 rings (SSSR count). The highest BCUT2D eigenvalue weighted by atomic mass is 16.5. The van der Waals surface area contributed by atoms with Crippen LogP contribution in [0.25, 0.3) is 0 Å². The first-order valence-electron chi connectivity index (χ1n) is 7.85. The summed E-state index contributed by atoms with van der Waals surface area (Å²) in [5.74, 6) is 1.63. The zero-order valence-corrected chi connectivity index (χ0v) is 13.6. The molecule has 1 amide bonds. The Morgan fingerprint density at radius 2 is 2.09 bits per heavy atom. The number of nitrogens with one attached hydrogen (secondary N) is 2. The maximum atomic E-state index is 11.8. The van der Waals surface area contributed by atoms with Gasteiger partial charge in [-0.05, 0) is 36.5 Å². The summed E-state index contributed by atoms with van der Waals surface area (Å²) in [6.07, 6.45) is 1.80. The molecule has 6 heteroatoms. The van der Waals surface area contributed by atoms with Crippen molar-refractivity contribution in [2.45, 2.75) is 26.7 Å². The SMILES string of the molecule is CC(C)CCOc1ccc(CCNC(=O)c2cc(N)n[nH]2)cc1. The third-order valence-corrected chi connectivity index (χ3v) is 3.43. The maximum absolute atomic E-state index is 11.8. The zero-order chi connectivity index (χ0) is 16.7. The van der Waals surface area contributed by atoms with Crippen molar-refractivity contribution >= 4 is 11.7 Å². The average molecular weight is 316 g/mol. The minimum Gasteiger partial charge on any atom is -0.494 e. The molecule has 0 aliphatic heterocycles. The normalized spacial score (nSPS) is 10.7. The quantitative estimate of drug-likeness (QED) is 0.697. The molecule has 124 valence electrons. The van der Waals surface area contributed by atoms with E-state index in [4.69, 9.17) is 10.5 Å². The first-order valence-corrected chi connectivity index (χ1v) is 7.85. The smallest absolute Gasteiger partial charge is 0.269 e. The number of rotatable bonds is 8. The van der Waals surface area contributed by atoms with Crippen molar-refractivity contribution in [1.82, 2.24) is 15.5 Å². The highest BCUT2D eigenvalue weighted by Crippen LogP contribution is 2.13. The zero-order valence-electron chi connectivity index (χ0n) is 13.6. The number of nitrogen functional groups attached to an aromatic ring is 1. The topological polar surface area (TPSA) is 93.0 Å². The molecule has 0 saturated heterocycles. The van der Waals surface area contributed by atoms with Gasteiger partial charge in [-0.3, -0.25) is 9.89 Å². The van der Waals surface area contributed by atoms with Gasteiger partial charge in [-0.15, -0.1) is 0 Å². The van der Waals surface area contributed by atoms with Crippen LogP contribution < -0.4 is 15.8 Å². The van der Waals surface area contributed by atoms with E-state index < -0.39 is 0 Å². The third-order valence-electron chi connectivity index (χ3n) is 3.43. The van der Waals surface area contributed by atoms with Crippen molar-refractivity contribution in [3.05, 3.63) is 41.6 Å². The Morgan fingerprint density at radius 3 is 2.70 bits per heavy atom. The van der Waals surface area contributed by atoms with Crippen LogP contribution in [0.15, 0.2) is 30.3 Å². The number of carbonyl (C=O) groups excluding carboxylic acids is 1. The molecule has 0 bridgehead atoms. The van der Waals surface area contributed by atoms with E-state index in [1.807, 2.05) is 24.3 Å². The van der Waals surface area contributed by atoms with Gasteiger partial charge < -0.3 is 15.8 Å². The van der Waals surface area contributed by atoms with E-state index in [1.165, 1.54) is 6.07 Å². The number of amides is 1. The molecule has 2 aromatic rings. The Kier molecular flexibility index (Phi) is 6.02. The third kappa shape index (κ3) is 5.65. The standard InChI is InChI=1S/C17H24N4O2/c1-12(2)8-10-23-14-5-3-13(4-6-14)7-9-19-17(22)15-11-16(18)21-20-15/h3-6,11-12H,7-10H2,1-2H3,(H,19,22)(H3,18,20,21). The second-order valence-corrected chi connectivity index (χ2v) is 5.89. The van der Waals surface area contributed by atoms with Crippen LogP contribution in [0, 0.1) is 5.92 Å². The first kappa shape index (κ1) is 16.9. The lowest BCUT2D eigenvalue weighted by molar-refractivity contribution is 0.0949. The molecule has 0 fully saturated rings. The van der Waals surface area contributed by atoms with Gasteiger partial charge in [0.15, 0.2) is 0 Å². The van der Waals surface area contributed by atoms with E-state index in [0.29, 0.717) is 24.0 Å². The molecule has 6 nitrogen and oxygen atoms in total. The van der Waals surface area contributed by atoms with Gasteiger partial charge in [0, 0.05) is 12.6 Å². The molecular formula is C17H24N4O2. The number of ether oxygens (including phenoxy) is 1. The second kappa shape index (κ2) is 8.22. The van der Waals surface area contributed by atoms with Crippen LogP contribution in [0.3, 0.4) is 0 Å². The van der Waals surface area contributed by atoms with Gasteiger partial charge in [-0.1, -0.05) is 26.0 Å². The summed E-state index contributed by atoms with van der Waals surface area (Å²) in [4.78, 5) is 11.8. The number of hydrogen-bond acceptors (Lipinski definition) is 4. The summed E-state index contributed by atoms with van der Waals surface area (Å²) in [6.45, 7) is 5.64. The summed E-state index contributed by atoms with van der Waals surface area (Å²) >= 11 is 0. The molecule has 0 atom stereocenters. The van der Waals surface area contributed by atoms with Crippen molar-refractivity contribution < 1.29 is 9.53 Å². The number of nitrogens with zero attached hydrogens (tertiary/aromatic N) is 1. The summed E-state index contributed by atoms with van der Waals surface area (Å²) in [5.41, 5.74) is 6.98. The lowest BCUT2D eigenvalue weighted by Gasteiger charge is -2.09. The summed E-state index contributed by atoms with van der Waals surface area (Å²) in [7, 11) is 0. The lowest BCUT2D eigenvalue weighted by Crippen LogP contribution is -2.26. The van der Waals surface area contributed by atoms with Crippen LogP contribution in [0.2, 0.25) is 0 Å². The summed E-state index contributed by atoms with van der Waals surface area (Å²) < 4.78 is 5.68. The molecular weight excluding hydrogens is 292 g/mol. The van der Waals surface area contributed by atoms with Crippen LogP contribution in [-0.4, -0.2) is 29.3 Å². The number of H-pyrrole nitrogens is 1. The summed E-state index contributed by atoms with van der Waals surface area (Å²) in [5, 5.41) is 9.14. The number of anilines is 1. The molecule has 0 aliphatic rings. The van der Waals surface area contributed by atoms with Crippen LogP contribution in [0.1, 0.15) is 36.3 Å². The molecule has 23 heavy (non-hydrogen) atoms. The van der Waals surface area contributed by atoms with Gasteiger partial charge in [0.1, 0.15) is 17.3 Å². The molecule has 0 radical (unpaired) electrons. The second-order valence-electron chi connectivity index (χ2n) is 5.89. The minimum atomic E-state index is -0.206. The van der Waals surface area contributed by atoms with E-state index in [1.54, 1.807) is 0 Å². The van der Waals surface area contributed by atoms with E-state index in [9.17, 15) is 4.79 Å². The van der Waals surface area contributed by atoms with Gasteiger partial charge in [-0.25, -0.2) is 0 Å². The molecule has 0 unspecified atom stereocenters. The predicted octanol–water partition coefficient (Wildman–Crippen LogP) is 2.39. The molecule has 1 heterocycles. The van der Waals surface area contributed by atoms with Crippen molar-refractivity contribution in [2.24, 2.45) is 5.92 Å². The number of aromatic nitrogens is 2. The van der Waals surface area contributed by atoms with E-state index in [2.05, 4.69) is 29.4 Å². The largest absolute Gasteiger partial charge is 0.494 e. The van der Waals surface area contributed by atoms with Crippen LogP contribution in [0.5, 0.6) is 5.75 Å². The van der Waals surface area contributed by atoms with Crippen molar-refractivity contribution in [3.8, 4) is 5.75 Å². The lowest BCUT2D eigenvalue weighted by atomic mass is 10.1. The Balaban J connectivity index is 1.72. The fraction of sp³-hybridized carbons (Fsp3) is 0.412. The van der Waals surface area contributed by atoms with Gasteiger partial charge in [0.25, 0.3) is 5.91 Å². The Bertz CT molecular complexity index is 620. The number of hydrogen-bond donors (Lipinski definition) is 3. The minimum absolute atomic E-state index is 0.206. The molecule has 0 aliphatic carbocycles. The highest BCUT2D eigenvalue weighted by Gasteiger charge is 2.07. The van der Waals surface area contributed by atoms with Crippen LogP contribution in [-0.2, 0) is 6.42 Å². The monoisotopic (exact) mass is 316 g/mol. The van der Waals surface area contributed by atoms with Crippen molar-refractivity contribution in [1.29, 1.82) is 0 Å². The van der Waals surface area contributed by atoms with Gasteiger partial charge in [-0.2, -0.15) is 5.10 Å². The van der Waals surface area contributed by atoms with Gasteiger partial charge in [0.2, 0.25) is 0 Å². The fourth-order valence-corrected chi connectivity index (χ4v) is 2.03. The van der Waals surface area contributed by atoms with Crippen molar-refractivity contribution in [2.75, 3.05) is 18.9 Å². The molecule has 0 spiro atoms. The van der Waals surface area contributed by atoms with E-state index >= 15 is 0 Å². The number of carbonyl (C=O) groups is 1. The Morgan fingerprint density at radius 1 is 1.35 bits per heavy atom. The van der Waals surface area contributed by atoms with Gasteiger partial charge >= 0.3 is 0 Å². The fourth-order valence-electron chi connectivity index (χ4n) is 2.03. The molecule has 0 saturated carbocycles. The maximum Gasteiger partial charge on any atom is 0.269 e. The van der Waals surface area contributed by atoms with Crippen LogP contribution >= 0.6 is 0 Å². The van der Waals surface area contributed by atoms with Crippen molar-refractivity contribution in [3.63, 3.8) is 0 Å². The van der Waals surface area contributed by atoms with E-state index in [0.717, 1.165) is 30.8 Å². The average Bonchev–Trinajstić information content (AvgIpc) is 2.95. The number of aromatic amines is 1. The molecule has 4 N–H and O–H groups in total. The first-order chi connectivity index (χ1) is 11.0. The number of benzene rings is 1. The van der Waals surface area contributed by atoms with Gasteiger partial charge in [0.05, 0.1) is 6.61 Å². The Hall–Kier alpha value is -2.50. The predicted molar refractivity (Wildman–Crippen MR) is 90.4 cm³/mol. The number of nitrogens with two attached hydrogens (primary N) is 1. The summed E-state index contributed by atoms with van der Waals surface area (Å²) in [6, 6.07) is 9.48. The molecule has 1 aromatic heterocycles. The molecule has 1 aromatic carbocycles.